The fourth-order valence-corrected chi connectivity index (χ4v) is 2.22. The average molecular weight is 273 g/mol. The largest absolute Gasteiger partial charge is 0.432 e. The summed E-state index contributed by atoms with van der Waals surface area (Å²) < 4.78 is 37.4. The van der Waals surface area contributed by atoms with Crippen LogP contribution in [0.2, 0.25) is 0 Å². The van der Waals surface area contributed by atoms with Crippen LogP contribution in [0, 0.1) is 0 Å². The first kappa shape index (κ1) is 13.6. The first-order valence-corrected chi connectivity index (χ1v) is 5.95. The molecule has 1 atom stereocenters. The molecule has 0 aliphatic carbocycles. The fraction of sp³-hybridized carbons (Fsp3) is 0.500. The molecule has 1 aliphatic rings. The third-order valence-corrected chi connectivity index (χ3v) is 3.20. The van der Waals surface area contributed by atoms with Crippen molar-refractivity contribution < 1.29 is 18.0 Å². The molecule has 1 aromatic heterocycles. The molecule has 0 saturated carbocycles. The van der Waals surface area contributed by atoms with Gasteiger partial charge in [0.1, 0.15) is 11.5 Å². The Hall–Kier alpha value is -1.79. The number of hydrogen-bond acceptors (Lipinski definition) is 2. The molecule has 19 heavy (non-hydrogen) atoms. The van der Waals surface area contributed by atoms with Gasteiger partial charge in [-0.1, -0.05) is 6.58 Å². The third-order valence-electron chi connectivity index (χ3n) is 3.20. The Kier molecular flexibility index (Phi) is 3.64. The van der Waals surface area contributed by atoms with Crippen LogP contribution in [0.15, 0.2) is 18.9 Å². The van der Waals surface area contributed by atoms with E-state index >= 15 is 0 Å². The lowest BCUT2D eigenvalue weighted by molar-refractivity contribution is -0.141. The summed E-state index contributed by atoms with van der Waals surface area (Å²) in [5.74, 6) is -0.102. The first-order chi connectivity index (χ1) is 8.91. The van der Waals surface area contributed by atoms with Gasteiger partial charge in [-0.15, -0.1) is 0 Å². The zero-order valence-electron chi connectivity index (χ0n) is 10.2. The maximum Gasteiger partial charge on any atom is 0.432 e. The summed E-state index contributed by atoms with van der Waals surface area (Å²) in [5.41, 5.74) is -0.852. The van der Waals surface area contributed by atoms with Crippen LogP contribution >= 0.6 is 0 Å². The van der Waals surface area contributed by atoms with Crippen molar-refractivity contribution in [1.82, 2.24) is 14.9 Å². The molecule has 1 saturated heterocycles. The monoisotopic (exact) mass is 273 g/mol. The molecule has 104 valence electrons. The van der Waals surface area contributed by atoms with Crippen LogP contribution in [0.4, 0.5) is 13.2 Å². The molecular weight excluding hydrogens is 259 g/mol. The van der Waals surface area contributed by atoms with Crippen molar-refractivity contribution in [1.29, 1.82) is 0 Å². The summed E-state index contributed by atoms with van der Waals surface area (Å²) in [6, 6.07) is 0. The maximum atomic E-state index is 12.5. The SMILES string of the molecule is C=CC(=O)N1CCCC(c2ncc(C(F)(F)F)[nH]2)C1. The van der Waals surface area contributed by atoms with Crippen LogP contribution in [0.1, 0.15) is 30.3 Å². The first-order valence-electron chi connectivity index (χ1n) is 5.95. The van der Waals surface area contributed by atoms with E-state index in [4.69, 9.17) is 0 Å². The molecule has 2 heterocycles. The van der Waals surface area contributed by atoms with Gasteiger partial charge in [0, 0.05) is 19.0 Å². The summed E-state index contributed by atoms with van der Waals surface area (Å²) in [6.45, 7) is 4.38. The minimum Gasteiger partial charge on any atom is -0.338 e. The van der Waals surface area contributed by atoms with Gasteiger partial charge >= 0.3 is 6.18 Å². The van der Waals surface area contributed by atoms with Crippen LogP contribution in [0.3, 0.4) is 0 Å². The van der Waals surface area contributed by atoms with Crippen LogP contribution in [-0.2, 0) is 11.0 Å². The fourth-order valence-electron chi connectivity index (χ4n) is 2.22. The number of amides is 1. The minimum absolute atomic E-state index is 0.186. The zero-order valence-corrected chi connectivity index (χ0v) is 10.2. The molecule has 1 aliphatic heterocycles. The van der Waals surface area contributed by atoms with Gasteiger partial charge in [0.2, 0.25) is 5.91 Å². The number of likely N-dealkylation sites (tertiary alicyclic amines) is 1. The van der Waals surface area contributed by atoms with Gasteiger partial charge in [0.05, 0.1) is 6.20 Å². The normalized spacial score (nSPS) is 20.4. The topological polar surface area (TPSA) is 49.0 Å². The third kappa shape index (κ3) is 2.97. The molecule has 1 unspecified atom stereocenters. The molecule has 0 aromatic carbocycles. The minimum atomic E-state index is -4.42. The summed E-state index contributed by atoms with van der Waals surface area (Å²) in [7, 11) is 0. The van der Waals surface area contributed by atoms with Gasteiger partial charge in [-0.05, 0) is 18.9 Å². The second kappa shape index (κ2) is 5.07. The van der Waals surface area contributed by atoms with Gasteiger partial charge in [0.25, 0.3) is 0 Å². The number of hydrogen-bond donors (Lipinski definition) is 1. The van der Waals surface area contributed by atoms with Crippen LogP contribution in [0.5, 0.6) is 0 Å². The number of piperidine rings is 1. The van der Waals surface area contributed by atoms with E-state index in [9.17, 15) is 18.0 Å². The molecule has 0 bridgehead atoms. The van der Waals surface area contributed by atoms with Crippen molar-refractivity contribution in [3.63, 3.8) is 0 Å². The maximum absolute atomic E-state index is 12.5. The molecule has 7 heteroatoms. The number of aromatic nitrogens is 2. The number of carbonyl (C=O) groups excluding carboxylic acids is 1. The molecule has 4 nitrogen and oxygen atoms in total. The summed E-state index contributed by atoms with van der Waals surface area (Å²) >= 11 is 0. The molecule has 0 radical (unpaired) electrons. The number of imidazole rings is 1. The second-order valence-electron chi connectivity index (χ2n) is 4.51. The Balaban J connectivity index is 2.11. The number of nitrogens with zero attached hydrogens (tertiary/aromatic N) is 2. The molecule has 1 fully saturated rings. The van der Waals surface area contributed by atoms with Crippen molar-refractivity contribution in [2.24, 2.45) is 0 Å². The van der Waals surface area contributed by atoms with Gasteiger partial charge in [0.15, 0.2) is 0 Å². The van der Waals surface area contributed by atoms with E-state index < -0.39 is 11.9 Å². The molecule has 1 N–H and O–H groups in total. The van der Waals surface area contributed by atoms with Gasteiger partial charge < -0.3 is 9.88 Å². The van der Waals surface area contributed by atoms with Crippen LogP contribution in [-0.4, -0.2) is 33.9 Å². The number of nitrogens with one attached hydrogen (secondary N) is 1. The number of rotatable bonds is 2. The molecule has 1 amide bonds. The van der Waals surface area contributed by atoms with Crippen LogP contribution < -0.4 is 0 Å². The summed E-state index contributed by atoms with van der Waals surface area (Å²) in [4.78, 5) is 19.2. The molecule has 0 spiro atoms. The van der Waals surface area contributed by atoms with E-state index in [2.05, 4.69) is 16.5 Å². The van der Waals surface area contributed by atoms with Crippen molar-refractivity contribution in [2.75, 3.05) is 13.1 Å². The standard InChI is InChI=1S/C12H14F3N3O/c1-2-10(19)18-5-3-4-8(7-18)11-16-6-9(17-11)12(13,14)15/h2,6,8H,1,3-5,7H2,(H,16,17). The Bertz CT molecular complexity index is 481. The number of halogens is 3. The highest BCUT2D eigenvalue weighted by atomic mass is 19.4. The number of carbonyl (C=O) groups is 1. The van der Waals surface area contributed by atoms with Gasteiger partial charge in [-0.2, -0.15) is 13.2 Å². The average Bonchev–Trinajstić information content (AvgIpc) is 2.87. The molecule has 1 aromatic rings. The van der Waals surface area contributed by atoms with Crippen molar-refractivity contribution in [3.05, 3.63) is 30.4 Å². The van der Waals surface area contributed by atoms with Crippen molar-refractivity contribution in [2.45, 2.75) is 24.9 Å². The van der Waals surface area contributed by atoms with Gasteiger partial charge in [-0.25, -0.2) is 4.98 Å². The quantitative estimate of drug-likeness (QED) is 0.841. The van der Waals surface area contributed by atoms with Crippen LogP contribution in [0.25, 0.3) is 0 Å². The lowest BCUT2D eigenvalue weighted by Crippen LogP contribution is -2.38. The number of H-pyrrole nitrogens is 1. The Morgan fingerprint density at radius 2 is 2.32 bits per heavy atom. The van der Waals surface area contributed by atoms with E-state index in [0.717, 1.165) is 12.6 Å². The smallest absolute Gasteiger partial charge is 0.338 e. The lowest BCUT2D eigenvalue weighted by atomic mass is 9.97. The zero-order chi connectivity index (χ0) is 14.0. The van der Waals surface area contributed by atoms with E-state index in [1.54, 1.807) is 4.90 Å². The Morgan fingerprint density at radius 1 is 1.58 bits per heavy atom. The highest BCUT2D eigenvalue weighted by Crippen LogP contribution is 2.30. The van der Waals surface area contributed by atoms with E-state index in [1.165, 1.54) is 6.08 Å². The Labute approximate surface area is 108 Å². The second-order valence-corrected chi connectivity index (χ2v) is 4.51. The number of alkyl halides is 3. The van der Waals surface area contributed by atoms with Crippen molar-refractivity contribution >= 4 is 5.91 Å². The van der Waals surface area contributed by atoms with E-state index in [-0.39, 0.29) is 17.6 Å². The van der Waals surface area contributed by atoms with E-state index in [0.29, 0.717) is 19.5 Å². The lowest BCUT2D eigenvalue weighted by Gasteiger charge is -2.31. The predicted molar refractivity (Wildman–Crippen MR) is 62.3 cm³/mol. The Morgan fingerprint density at radius 3 is 2.89 bits per heavy atom. The highest BCUT2D eigenvalue weighted by molar-refractivity contribution is 5.87. The molecule has 2 rings (SSSR count). The predicted octanol–water partition coefficient (Wildman–Crippen LogP) is 2.32. The van der Waals surface area contributed by atoms with Gasteiger partial charge in [-0.3, -0.25) is 4.79 Å². The number of aromatic amines is 1. The molecular formula is C12H14F3N3O. The summed E-state index contributed by atoms with van der Waals surface area (Å²) in [5, 5.41) is 0. The van der Waals surface area contributed by atoms with E-state index in [1.807, 2.05) is 0 Å². The highest BCUT2D eigenvalue weighted by Gasteiger charge is 2.34. The summed E-state index contributed by atoms with van der Waals surface area (Å²) in [6.07, 6.45) is -0.955. The van der Waals surface area contributed by atoms with Crippen molar-refractivity contribution in [3.8, 4) is 0 Å².